The van der Waals surface area contributed by atoms with Crippen molar-refractivity contribution in [2.75, 3.05) is 6.54 Å². The van der Waals surface area contributed by atoms with Crippen molar-refractivity contribution in [3.8, 4) is 0 Å². The molecule has 0 aliphatic heterocycles. The number of nitrogens with zero attached hydrogens (tertiary/aromatic N) is 1. The SMILES string of the molecule is Cc1cccc2oc(CCNC(=O)C[C@@H]3CCC[C@H]3N)nc12.Cl. The number of carbonyl (C=O) groups excluding carboxylic acids is 1. The third-order valence-electron chi connectivity index (χ3n) is 4.49. The highest BCUT2D eigenvalue weighted by Gasteiger charge is 2.25. The van der Waals surface area contributed by atoms with Crippen LogP contribution in [-0.2, 0) is 11.2 Å². The van der Waals surface area contributed by atoms with Crippen LogP contribution in [0.4, 0.5) is 0 Å². The summed E-state index contributed by atoms with van der Waals surface area (Å²) in [6.07, 6.45) is 4.39. The van der Waals surface area contributed by atoms with E-state index in [-0.39, 0.29) is 24.4 Å². The van der Waals surface area contributed by atoms with E-state index in [2.05, 4.69) is 10.3 Å². The third kappa shape index (κ3) is 4.24. The zero-order valence-corrected chi connectivity index (χ0v) is 14.2. The maximum absolute atomic E-state index is 11.9. The first kappa shape index (κ1) is 17.8. The summed E-state index contributed by atoms with van der Waals surface area (Å²) in [7, 11) is 0. The normalized spacial score (nSPS) is 20.4. The lowest BCUT2D eigenvalue weighted by atomic mass is 10.00. The molecule has 1 fully saturated rings. The van der Waals surface area contributed by atoms with Crippen molar-refractivity contribution in [3.63, 3.8) is 0 Å². The van der Waals surface area contributed by atoms with Crippen LogP contribution in [-0.4, -0.2) is 23.5 Å². The van der Waals surface area contributed by atoms with Crippen LogP contribution in [0.15, 0.2) is 22.6 Å². The zero-order chi connectivity index (χ0) is 15.5. The van der Waals surface area contributed by atoms with Gasteiger partial charge in [0.05, 0.1) is 0 Å². The molecule has 3 N–H and O–H groups in total. The Morgan fingerprint density at radius 1 is 1.43 bits per heavy atom. The van der Waals surface area contributed by atoms with Crippen LogP contribution < -0.4 is 11.1 Å². The molecule has 0 saturated heterocycles. The Labute approximate surface area is 142 Å². The first-order valence-corrected chi connectivity index (χ1v) is 8.01. The van der Waals surface area contributed by atoms with Crippen molar-refractivity contribution in [1.82, 2.24) is 10.3 Å². The molecule has 2 atom stereocenters. The molecular weight excluding hydrogens is 314 g/mol. The first-order valence-electron chi connectivity index (χ1n) is 8.01. The fourth-order valence-electron chi connectivity index (χ4n) is 3.18. The van der Waals surface area contributed by atoms with Crippen LogP contribution in [0.5, 0.6) is 0 Å². The highest BCUT2D eigenvalue weighted by Crippen LogP contribution is 2.26. The molecule has 0 unspecified atom stereocenters. The first-order chi connectivity index (χ1) is 10.6. The van der Waals surface area contributed by atoms with Crippen LogP contribution >= 0.6 is 12.4 Å². The molecule has 0 radical (unpaired) electrons. The van der Waals surface area contributed by atoms with Gasteiger partial charge >= 0.3 is 0 Å². The number of para-hydroxylation sites is 1. The van der Waals surface area contributed by atoms with Crippen LogP contribution in [0.2, 0.25) is 0 Å². The lowest BCUT2D eigenvalue weighted by Gasteiger charge is -2.14. The van der Waals surface area contributed by atoms with Crippen molar-refractivity contribution in [3.05, 3.63) is 29.7 Å². The van der Waals surface area contributed by atoms with Crippen molar-refractivity contribution >= 4 is 29.4 Å². The predicted octanol–water partition coefficient (Wildman–Crippen LogP) is 2.73. The van der Waals surface area contributed by atoms with E-state index in [1.807, 2.05) is 25.1 Å². The van der Waals surface area contributed by atoms with Gasteiger partial charge in [-0.05, 0) is 37.3 Å². The number of hydrogen-bond acceptors (Lipinski definition) is 4. The van der Waals surface area contributed by atoms with Gasteiger partial charge in [0.25, 0.3) is 0 Å². The van der Waals surface area contributed by atoms with Gasteiger partial charge in [0.15, 0.2) is 11.5 Å². The van der Waals surface area contributed by atoms with E-state index in [9.17, 15) is 4.79 Å². The van der Waals surface area contributed by atoms with Gasteiger partial charge in [0.2, 0.25) is 5.91 Å². The summed E-state index contributed by atoms with van der Waals surface area (Å²) in [4.78, 5) is 16.4. The minimum absolute atomic E-state index is 0. The van der Waals surface area contributed by atoms with E-state index in [4.69, 9.17) is 10.2 Å². The van der Waals surface area contributed by atoms with E-state index in [0.717, 1.165) is 35.9 Å². The van der Waals surface area contributed by atoms with E-state index in [0.29, 0.717) is 31.2 Å². The number of amides is 1. The molecule has 1 aromatic carbocycles. The highest BCUT2D eigenvalue weighted by molar-refractivity contribution is 5.85. The molecule has 23 heavy (non-hydrogen) atoms. The number of carbonyl (C=O) groups is 1. The molecule has 2 aromatic rings. The Morgan fingerprint density at radius 3 is 2.96 bits per heavy atom. The monoisotopic (exact) mass is 337 g/mol. The molecule has 1 aliphatic rings. The molecule has 1 amide bonds. The topological polar surface area (TPSA) is 81.2 Å². The fourth-order valence-corrected chi connectivity index (χ4v) is 3.18. The van der Waals surface area contributed by atoms with Crippen LogP contribution in [0, 0.1) is 12.8 Å². The second-order valence-corrected chi connectivity index (χ2v) is 6.19. The minimum atomic E-state index is 0. The van der Waals surface area contributed by atoms with Crippen molar-refractivity contribution in [1.29, 1.82) is 0 Å². The average Bonchev–Trinajstić information content (AvgIpc) is 3.07. The Morgan fingerprint density at radius 2 is 2.26 bits per heavy atom. The second kappa shape index (κ2) is 7.79. The summed E-state index contributed by atoms with van der Waals surface area (Å²) in [6, 6.07) is 6.07. The van der Waals surface area contributed by atoms with Gasteiger partial charge in [-0.25, -0.2) is 4.98 Å². The Kier molecular flexibility index (Phi) is 6.02. The van der Waals surface area contributed by atoms with Crippen LogP contribution in [0.3, 0.4) is 0 Å². The number of hydrogen-bond donors (Lipinski definition) is 2. The number of nitrogens with two attached hydrogens (primary N) is 1. The highest BCUT2D eigenvalue weighted by atomic mass is 35.5. The molecule has 126 valence electrons. The maximum atomic E-state index is 11.9. The minimum Gasteiger partial charge on any atom is -0.441 e. The number of aromatic nitrogens is 1. The summed E-state index contributed by atoms with van der Waals surface area (Å²) in [5.41, 5.74) is 8.81. The Balaban J connectivity index is 0.00000192. The molecule has 3 rings (SSSR count). The largest absolute Gasteiger partial charge is 0.441 e. The number of fused-ring (bicyclic) bond motifs is 1. The van der Waals surface area contributed by atoms with Crippen molar-refractivity contribution in [2.24, 2.45) is 11.7 Å². The molecule has 1 aliphatic carbocycles. The quantitative estimate of drug-likeness (QED) is 0.879. The Bertz CT molecular complexity index is 671. The molecule has 0 bridgehead atoms. The van der Waals surface area contributed by atoms with Crippen LogP contribution in [0.1, 0.15) is 37.1 Å². The van der Waals surface area contributed by atoms with E-state index < -0.39 is 0 Å². The number of benzene rings is 1. The summed E-state index contributed by atoms with van der Waals surface area (Å²) < 4.78 is 5.70. The zero-order valence-electron chi connectivity index (χ0n) is 13.4. The van der Waals surface area contributed by atoms with E-state index in [1.165, 1.54) is 0 Å². The smallest absolute Gasteiger partial charge is 0.220 e. The average molecular weight is 338 g/mol. The lowest BCUT2D eigenvalue weighted by molar-refractivity contribution is -0.122. The third-order valence-corrected chi connectivity index (χ3v) is 4.49. The summed E-state index contributed by atoms with van der Waals surface area (Å²) in [5, 5.41) is 2.94. The van der Waals surface area contributed by atoms with Crippen molar-refractivity contribution in [2.45, 2.75) is 45.1 Å². The molecule has 1 heterocycles. The van der Waals surface area contributed by atoms with Crippen molar-refractivity contribution < 1.29 is 9.21 Å². The van der Waals surface area contributed by atoms with Gasteiger partial charge in [-0.15, -0.1) is 12.4 Å². The standard InChI is InChI=1S/C17H23N3O2.ClH/c1-11-4-2-7-14-17(11)20-16(22-14)8-9-19-15(21)10-12-5-3-6-13(12)18;/h2,4,7,12-13H,3,5-6,8-10,18H2,1H3,(H,19,21);1H/t12-,13+;/m0./s1. The van der Waals surface area contributed by atoms with Crippen LogP contribution in [0.25, 0.3) is 11.1 Å². The number of aryl methyl sites for hydroxylation is 1. The van der Waals surface area contributed by atoms with Gasteiger partial charge in [0.1, 0.15) is 5.52 Å². The number of oxazole rings is 1. The Hall–Kier alpha value is -1.59. The fraction of sp³-hybridized carbons (Fsp3) is 0.529. The molecule has 5 nitrogen and oxygen atoms in total. The second-order valence-electron chi connectivity index (χ2n) is 6.19. The molecule has 1 aromatic heterocycles. The molecule has 1 saturated carbocycles. The maximum Gasteiger partial charge on any atom is 0.220 e. The van der Waals surface area contributed by atoms with Gasteiger partial charge in [-0.1, -0.05) is 18.6 Å². The van der Waals surface area contributed by atoms with E-state index >= 15 is 0 Å². The van der Waals surface area contributed by atoms with Gasteiger partial charge in [-0.3, -0.25) is 4.79 Å². The van der Waals surface area contributed by atoms with E-state index in [1.54, 1.807) is 0 Å². The van der Waals surface area contributed by atoms with Gasteiger partial charge in [0, 0.05) is 25.4 Å². The molecule has 6 heteroatoms. The molecule has 0 spiro atoms. The number of halogens is 1. The number of nitrogens with one attached hydrogen (secondary N) is 1. The lowest BCUT2D eigenvalue weighted by Crippen LogP contribution is -2.32. The summed E-state index contributed by atoms with van der Waals surface area (Å²) in [5.74, 6) is 1.09. The van der Waals surface area contributed by atoms with Gasteiger partial charge < -0.3 is 15.5 Å². The number of rotatable bonds is 5. The molecular formula is C17H24ClN3O2. The summed E-state index contributed by atoms with van der Waals surface area (Å²) >= 11 is 0. The summed E-state index contributed by atoms with van der Waals surface area (Å²) in [6.45, 7) is 2.56. The predicted molar refractivity (Wildman–Crippen MR) is 92.6 cm³/mol. The van der Waals surface area contributed by atoms with Gasteiger partial charge in [-0.2, -0.15) is 0 Å².